The zero-order valence-corrected chi connectivity index (χ0v) is 23.6. The molecule has 4 rings (SSSR count). The van der Waals surface area contributed by atoms with Crippen LogP contribution in [-0.4, -0.2) is 44.3 Å². The summed E-state index contributed by atoms with van der Waals surface area (Å²) < 4.78 is 44.3. The van der Waals surface area contributed by atoms with Crippen LogP contribution in [0.3, 0.4) is 0 Å². The highest BCUT2D eigenvalue weighted by Gasteiger charge is 2.44. The van der Waals surface area contributed by atoms with Crippen LogP contribution < -0.4 is 0 Å². The first kappa shape index (κ1) is 29.7. The predicted octanol–water partition coefficient (Wildman–Crippen LogP) is 7.68. The minimum Gasteiger partial charge on any atom is -0.481 e. The van der Waals surface area contributed by atoms with Crippen LogP contribution in [0.2, 0.25) is 10.0 Å². The zero-order valence-electron chi connectivity index (χ0n) is 22.1. The van der Waals surface area contributed by atoms with Crippen LogP contribution in [0.25, 0.3) is 0 Å². The second-order valence-corrected chi connectivity index (χ2v) is 12.4. The Labute approximate surface area is 236 Å². The third-order valence-electron chi connectivity index (χ3n) is 8.36. The Hall–Kier alpha value is -2.26. The molecule has 0 saturated heterocycles. The molecule has 1 N–H and O–H groups in total. The number of aromatic nitrogens is 2. The molecule has 6 nitrogen and oxygen atoms in total. The highest BCUT2D eigenvalue weighted by molar-refractivity contribution is 6.36. The fourth-order valence-corrected chi connectivity index (χ4v) is 6.54. The van der Waals surface area contributed by atoms with Gasteiger partial charge in [0.05, 0.1) is 23.7 Å². The highest BCUT2D eigenvalue weighted by Crippen LogP contribution is 2.41. The zero-order chi connectivity index (χ0) is 28.5. The Morgan fingerprint density at radius 3 is 2.21 bits per heavy atom. The van der Waals surface area contributed by atoms with Crippen molar-refractivity contribution >= 4 is 35.1 Å². The van der Waals surface area contributed by atoms with Gasteiger partial charge < -0.3 is 10.0 Å². The number of carboxylic acids is 1. The van der Waals surface area contributed by atoms with Gasteiger partial charge in [-0.1, -0.05) is 43.1 Å². The summed E-state index contributed by atoms with van der Waals surface area (Å²) in [5.74, 6) is -2.22. The second kappa shape index (κ2) is 11.7. The summed E-state index contributed by atoms with van der Waals surface area (Å²) in [6, 6.07) is 4.27. The molecule has 1 aromatic carbocycles. The molecule has 1 aromatic heterocycles. The monoisotopic (exact) mass is 587 g/mol. The van der Waals surface area contributed by atoms with Gasteiger partial charge in [0.25, 0.3) is 5.91 Å². The van der Waals surface area contributed by atoms with E-state index in [9.17, 15) is 27.9 Å². The Morgan fingerprint density at radius 2 is 1.67 bits per heavy atom. The van der Waals surface area contributed by atoms with Crippen molar-refractivity contribution in [3.63, 3.8) is 0 Å². The van der Waals surface area contributed by atoms with Crippen molar-refractivity contribution in [3.8, 4) is 0 Å². The fraction of sp³-hybridized carbons (Fsp3) is 0.607. The van der Waals surface area contributed by atoms with Crippen molar-refractivity contribution in [2.24, 2.45) is 11.3 Å². The summed E-state index contributed by atoms with van der Waals surface area (Å²) >= 11 is 12.7. The van der Waals surface area contributed by atoms with Gasteiger partial charge in [0.1, 0.15) is 0 Å². The average Bonchev–Trinajstić information content (AvgIpc) is 3.32. The van der Waals surface area contributed by atoms with Crippen LogP contribution in [0.1, 0.15) is 92.9 Å². The largest absolute Gasteiger partial charge is 0.481 e. The molecular weight excluding hydrogens is 554 g/mol. The summed E-state index contributed by atoms with van der Waals surface area (Å²) in [7, 11) is 0. The van der Waals surface area contributed by atoms with Gasteiger partial charge in [-0.15, -0.1) is 0 Å². The average molecular weight is 588 g/mol. The topological polar surface area (TPSA) is 75.4 Å². The van der Waals surface area contributed by atoms with Crippen molar-refractivity contribution in [3.05, 3.63) is 51.3 Å². The van der Waals surface area contributed by atoms with Gasteiger partial charge in [0.2, 0.25) is 0 Å². The molecule has 0 radical (unpaired) electrons. The summed E-state index contributed by atoms with van der Waals surface area (Å²) in [4.78, 5) is 26.8. The molecule has 2 fully saturated rings. The summed E-state index contributed by atoms with van der Waals surface area (Å²) in [6.07, 6.45) is 0.634. The van der Waals surface area contributed by atoms with Crippen molar-refractivity contribution in [1.29, 1.82) is 0 Å². The van der Waals surface area contributed by atoms with Crippen LogP contribution in [0.4, 0.5) is 13.2 Å². The third-order valence-corrected chi connectivity index (χ3v) is 9.07. The van der Waals surface area contributed by atoms with Crippen molar-refractivity contribution < 1.29 is 27.9 Å². The molecular formula is C28H34Cl2F3N3O3. The molecule has 2 saturated carbocycles. The molecule has 2 aliphatic rings. The van der Waals surface area contributed by atoms with Gasteiger partial charge in [0.15, 0.2) is 5.69 Å². The number of carboxylic acid groups (broad SMARTS) is 1. The maximum atomic E-state index is 14.5. The van der Waals surface area contributed by atoms with Crippen molar-refractivity contribution in [1.82, 2.24) is 14.7 Å². The summed E-state index contributed by atoms with van der Waals surface area (Å²) in [5.41, 5.74) is -0.786. The van der Waals surface area contributed by atoms with Crippen LogP contribution in [0.15, 0.2) is 24.4 Å². The molecule has 0 bridgehead atoms. The lowest BCUT2D eigenvalue weighted by Crippen LogP contribution is -2.45. The van der Waals surface area contributed by atoms with Crippen LogP contribution in [0.5, 0.6) is 0 Å². The number of carbonyl (C=O) groups is 2. The normalized spacial score (nSPS) is 22.0. The lowest BCUT2D eigenvalue weighted by Gasteiger charge is -2.40. The van der Waals surface area contributed by atoms with E-state index in [1.54, 1.807) is 23.1 Å². The molecule has 1 heterocycles. The van der Waals surface area contributed by atoms with E-state index in [4.69, 9.17) is 23.2 Å². The minimum absolute atomic E-state index is 0.105. The molecule has 2 aromatic rings. The molecule has 2 aliphatic carbocycles. The van der Waals surface area contributed by atoms with Gasteiger partial charge in [-0.2, -0.15) is 18.3 Å². The van der Waals surface area contributed by atoms with E-state index in [1.807, 2.05) is 0 Å². The van der Waals surface area contributed by atoms with E-state index in [-0.39, 0.29) is 43.7 Å². The van der Waals surface area contributed by atoms with Crippen molar-refractivity contribution in [2.45, 2.75) is 89.9 Å². The number of carbonyl (C=O) groups excluding carboxylic acids is 1. The molecule has 0 aliphatic heterocycles. The first-order chi connectivity index (χ1) is 18.3. The number of benzene rings is 1. The number of halogens is 5. The summed E-state index contributed by atoms with van der Waals surface area (Å²) in [5, 5.41) is 14.2. The number of rotatable bonds is 7. The number of aliphatic carboxylic acids is 1. The predicted molar refractivity (Wildman–Crippen MR) is 143 cm³/mol. The SMILES string of the molecule is CC1(C)CCC(N(CCc2c(Cl)cccc2Cl)C(=O)c2cnn(C3CCC(C(=O)O)CC3)c2C(F)(F)F)CC1. The maximum absolute atomic E-state index is 14.5. The molecule has 11 heteroatoms. The molecule has 0 unspecified atom stereocenters. The van der Waals surface area contributed by atoms with Gasteiger partial charge in [-0.3, -0.25) is 14.3 Å². The minimum atomic E-state index is -4.81. The lowest BCUT2D eigenvalue weighted by molar-refractivity contribution is -0.147. The van der Waals surface area contributed by atoms with Crippen molar-refractivity contribution in [2.75, 3.05) is 6.54 Å². The number of nitrogens with zero attached hydrogens (tertiary/aromatic N) is 3. The third kappa shape index (κ3) is 6.73. The van der Waals surface area contributed by atoms with Gasteiger partial charge >= 0.3 is 12.1 Å². The van der Waals surface area contributed by atoms with Gasteiger partial charge in [-0.25, -0.2) is 0 Å². The number of alkyl halides is 3. The number of hydrogen-bond acceptors (Lipinski definition) is 3. The Morgan fingerprint density at radius 1 is 1.08 bits per heavy atom. The Balaban J connectivity index is 1.65. The molecule has 0 spiro atoms. The van der Waals surface area contributed by atoms with E-state index in [1.165, 1.54) is 0 Å². The maximum Gasteiger partial charge on any atom is 0.433 e. The quantitative estimate of drug-likeness (QED) is 0.360. The van der Waals surface area contributed by atoms with E-state index in [0.717, 1.165) is 23.7 Å². The summed E-state index contributed by atoms with van der Waals surface area (Å²) in [6.45, 7) is 4.48. The van der Waals surface area contributed by atoms with E-state index >= 15 is 0 Å². The van der Waals surface area contributed by atoms with E-state index in [0.29, 0.717) is 34.9 Å². The standard InChI is InChI=1S/C28H34Cl2F3N3O3/c1-27(2)13-10-18(11-14-27)35(15-12-20-22(29)4-3-5-23(20)30)25(37)21-16-34-36(24(21)28(31,32)33)19-8-6-17(7-9-19)26(38)39/h3-5,16-19H,6-15H2,1-2H3,(H,38,39). The fourth-order valence-electron chi connectivity index (χ4n) is 5.95. The Bertz CT molecular complexity index is 1180. The molecule has 0 atom stereocenters. The van der Waals surface area contributed by atoms with Gasteiger partial charge in [0, 0.05) is 22.6 Å². The number of hydrogen-bond donors (Lipinski definition) is 1. The first-order valence-electron chi connectivity index (χ1n) is 13.4. The highest BCUT2D eigenvalue weighted by atomic mass is 35.5. The molecule has 214 valence electrons. The van der Waals surface area contributed by atoms with Gasteiger partial charge in [-0.05, 0) is 80.9 Å². The molecule has 39 heavy (non-hydrogen) atoms. The number of amides is 1. The Kier molecular flexibility index (Phi) is 8.91. The van der Waals surface area contributed by atoms with E-state index in [2.05, 4.69) is 18.9 Å². The lowest BCUT2D eigenvalue weighted by atomic mass is 9.75. The van der Waals surface area contributed by atoms with Crippen LogP contribution >= 0.6 is 23.2 Å². The second-order valence-electron chi connectivity index (χ2n) is 11.5. The molecule has 1 amide bonds. The van der Waals surface area contributed by atoms with Crippen LogP contribution in [0, 0.1) is 11.3 Å². The van der Waals surface area contributed by atoms with E-state index < -0.39 is 41.3 Å². The smallest absolute Gasteiger partial charge is 0.433 e. The first-order valence-corrected chi connectivity index (χ1v) is 14.2. The van der Waals surface area contributed by atoms with Crippen LogP contribution in [-0.2, 0) is 17.4 Å².